The molecule has 108 valence electrons. The molecule has 0 amide bonds. The molecule has 0 aliphatic carbocycles. The van der Waals surface area contributed by atoms with Gasteiger partial charge in [0.1, 0.15) is 0 Å². The maximum absolute atomic E-state index is 13.3. The molecule has 0 saturated carbocycles. The van der Waals surface area contributed by atoms with E-state index in [9.17, 15) is 17.6 Å². The molecule has 0 aromatic carbocycles. The van der Waals surface area contributed by atoms with Crippen LogP contribution in [0, 0.1) is 29.4 Å². The van der Waals surface area contributed by atoms with Crippen LogP contribution in [0.3, 0.4) is 0 Å². The molecule has 6 heteroatoms. The Labute approximate surface area is 109 Å². The normalized spacial score (nSPS) is 12.5. The number of rotatable bonds is 7. The Kier molecular flexibility index (Phi) is 6.05. The molecule has 1 unspecified atom stereocenters. The van der Waals surface area contributed by atoms with Crippen LogP contribution < -0.4 is 4.74 Å². The molecule has 0 aliphatic rings. The van der Waals surface area contributed by atoms with Crippen molar-refractivity contribution in [1.29, 1.82) is 0 Å². The first-order chi connectivity index (χ1) is 9.01. The van der Waals surface area contributed by atoms with E-state index in [0.717, 1.165) is 25.7 Å². The first-order valence-corrected chi connectivity index (χ1v) is 6.33. The molecule has 1 rings (SSSR count). The first-order valence-electron chi connectivity index (χ1n) is 6.33. The zero-order chi connectivity index (χ0) is 14.4. The Balaban J connectivity index is 2.76. The van der Waals surface area contributed by atoms with Crippen LogP contribution in [0.2, 0.25) is 0 Å². The highest BCUT2D eigenvalue weighted by atomic mass is 19.2. The molecular weight excluding hydrogens is 262 g/mol. The van der Waals surface area contributed by atoms with E-state index in [1.54, 1.807) is 0 Å². The summed E-state index contributed by atoms with van der Waals surface area (Å²) in [7, 11) is 0. The molecule has 0 fully saturated rings. The number of hydrogen-bond donors (Lipinski definition) is 0. The van der Waals surface area contributed by atoms with Crippen molar-refractivity contribution < 1.29 is 22.3 Å². The third-order valence-electron chi connectivity index (χ3n) is 2.96. The van der Waals surface area contributed by atoms with Gasteiger partial charge in [-0.2, -0.15) is 22.5 Å². The largest absolute Gasteiger partial charge is 0.487 e. The van der Waals surface area contributed by atoms with Crippen molar-refractivity contribution in [3.8, 4) is 5.75 Å². The molecule has 19 heavy (non-hydrogen) atoms. The molecule has 0 aliphatic heterocycles. The zero-order valence-corrected chi connectivity index (χ0v) is 11.0. The van der Waals surface area contributed by atoms with E-state index >= 15 is 0 Å². The van der Waals surface area contributed by atoms with Crippen LogP contribution in [0.5, 0.6) is 5.75 Å². The van der Waals surface area contributed by atoms with Crippen LogP contribution in [0.25, 0.3) is 0 Å². The van der Waals surface area contributed by atoms with Gasteiger partial charge < -0.3 is 4.74 Å². The van der Waals surface area contributed by atoms with E-state index in [1.807, 2.05) is 13.8 Å². The van der Waals surface area contributed by atoms with E-state index in [0.29, 0.717) is 0 Å². The molecule has 1 heterocycles. The van der Waals surface area contributed by atoms with Crippen molar-refractivity contribution in [3.05, 3.63) is 23.5 Å². The van der Waals surface area contributed by atoms with Gasteiger partial charge in [0.15, 0.2) is 5.75 Å². The summed E-state index contributed by atoms with van der Waals surface area (Å²) in [4.78, 5) is 2.47. The second-order valence-electron chi connectivity index (χ2n) is 4.38. The Morgan fingerprint density at radius 2 is 1.63 bits per heavy atom. The average molecular weight is 279 g/mol. The van der Waals surface area contributed by atoms with E-state index < -0.39 is 29.3 Å². The van der Waals surface area contributed by atoms with Gasteiger partial charge in [-0.3, -0.25) is 0 Å². The van der Waals surface area contributed by atoms with Crippen LogP contribution in [0.1, 0.15) is 39.5 Å². The third-order valence-corrected chi connectivity index (χ3v) is 2.96. The fourth-order valence-corrected chi connectivity index (χ4v) is 1.69. The van der Waals surface area contributed by atoms with Gasteiger partial charge in [-0.1, -0.05) is 33.1 Å². The lowest BCUT2D eigenvalue weighted by molar-refractivity contribution is 0.207. The van der Waals surface area contributed by atoms with Crippen molar-refractivity contribution in [2.45, 2.75) is 39.5 Å². The number of unbranched alkanes of at least 4 members (excludes halogenated alkanes) is 1. The highest BCUT2D eigenvalue weighted by Crippen LogP contribution is 2.25. The summed E-state index contributed by atoms with van der Waals surface area (Å²) in [5, 5.41) is 0. The maximum Gasteiger partial charge on any atom is 0.255 e. The molecule has 0 bridgehead atoms. The van der Waals surface area contributed by atoms with Gasteiger partial charge in [0.2, 0.25) is 11.6 Å². The Hall–Kier alpha value is -1.33. The first kappa shape index (κ1) is 15.7. The molecule has 1 aromatic rings. The van der Waals surface area contributed by atoms with E-state index in [2.05, 4.69) is 4.98 Å². The van der Waals surface area contributed by atoms with Gasteiger partial charge >= 0.3 is 0 Å². The summed E-state index contributed by atoms with van der Waals surface area (Å²) in [5.41, 5.74) is 0. The summed E-state index contributed by atoms with van der Waals surface area (Å²) in [6.45, 7) is 3.97. The van der Waals surface area contributed by atoms with Gasteiger partial charge in [-0.25, -0.2) is 0 Å². The highest BCUT2D eigenvalue weighted by molar-refractivity contribution is 5.24. The topological polar surface area (TPSA) is 22.1 Å². The van der Waals surface area contributed by atoms with E-state index in [4.69, 9.17) is 4.74 Å². The minimum atomic E-state index is -1.70. The van der Waals surface area contributed by atoms with Gasteiger partial charge in [0, 0.05) is 0 Å². The molecule has 0 spiro atoms. The number of pyridine rings is 1. The molecule has 1 aromatic heterocycles. The van der Waals surface area contributed by atoms with Crippen molar-refractivity contribution in [3.63, 3.8) is 0 Å². The standard InChI is InChI=1S/C13H17F4NO/c1-3-5-6-8(4-2)7-19-11-9(14)12(16)18-13(17)10(11)15/h8H,3-7H2,1-2H3. The summed E-state index contributed by atoms with van der Waals surface area (Å²) in [6.07, 6.45) is 3.56. The minimum absolute atomic E-state index is 0.0211. The lowest BCUT2D eigenvalue weighted by atomic mass is 10.0. The Morgan fingerprint density at radius 3 is 2.11 bits per heavy atom. The monoisotopic (exact) mass is 279 g/mol. The quantitative estimate of drug-likeness (QED) is 0.550. The van der Waals surface area contributed by atoms with Crippen molar-refractivity contribution >= 4 is 0 Å². The lowest BCUT2D eigenvalue weighted by Crippen LogP contribution is -2.14. The Morgan fingerprint density at radius 1 is 1.05 bits per heavy atom. The fraction of sp³-hybridized carbons (Fsp3) is 0.615. The predicted octanol–water partition coefficient (Wildman–Crippen LogP) is 4.23. The number of halogens is 4. The van der Waals surface area contributed by atoms with Crippen LogP contribution in [0.4, 0.5) is 17.6 Å². The molecule has 0 saturated heterocycles. The van der Waals surface area contributed by atoms with E-state index in [-0.39, 0.29) is 12.5 Å². The summed E-state index contributed by atoms with van der Waals surface area (Å²) < 4.78 is 57.2. The fourth-order valence-electron chi connectivity index (χ4n) is 1.69. The van der Waals surface area contributed by atoms with E-state index in [1.165, 1.54) is 0 Å². The van der Waals surface area contributed by atoms with Crippen LogP contribution in [-0.4, -0.2) is 11.6 Å². The summed E-state index contributed by atoms with van der Waals surface area (Å²) >= 11 is 0. The van der Waals surface area contributed by atoms with Gasteiger partial charge in [-0.15, -0.1) is 0 Å². The number of nitrogens with zero attached hydrogens (tertiary/aromatic N) is 1. The van der Waals surface area contributed by atoms with Crippen molar-refractivity contribution in [2.75, 3.05) is 6.61 Å². The minimum Gasteiger partial charge on any atom is -0.487 e. The Bertz CT molecular complexity index is 399. The highest BCUT2D eigenvalue weighted by Gasteiger charge is 2.22. The predicted molar refractivity (Wildman–Crippen MR) is 62.9 cm³/mol. The van der Waals surface area contributed by atoms with Crippen LogP contribution in [-0.2, 0) is 0 Å². The molecule has 1 atom stereocenters. The average Bonchev–Trinajstić information content (AvgIpc) is 2.40. The second-order valence-corrected chi connectivity index (χ2v) is 4.38. The molecule has 0 radical (unpaired) electrons. The molecule has 2 nitrogen and oxygen atoms in total. The zero-order valence-electron chi connectivity index (χ0n) is 11.0. The SMILES string of the molecule is CCCCC(CC)COc1c(F)c(F)nc(F)c1F. The number of hydrogen-bond acceptors (Lipinski definition) is 2. The smallest absolute Gasteiger partial charge is 0.255 e. The van der Waals surface area contributed by atoms with Gasteiger partial charge in [0.25, 0.3) is 11.9 Å². The van der Waals surface area contributed by atoms with Gasteiger partial charge in [-0.05, 0) is 12.3 Å². The molecular formula is C13H17F4NO. The van der Waals surface area contributed by atoms with Crippen LogP contribution >= 0.6 is 0 Å². The summed E-state index contributed by atoms with van der Waals surface area (Å²) in [5.74, 6) is -7.52. The molecule has 0 N–H and O–H groups in total. The van der Waals surface area contributed by atoms with Gasteiger partial charge in [0.05, 0.1) is 6.61 Å². The number of ether oxygens (including phenoxy) is 1. The van der Waals surface area contributed by atoms with Crippen LogP contribution in [0.15, 0.2) is 0 Å². The van der Waals surface area contributed by atoms with Crippen molar-refractivity contribution in [1.82, 2.24) is 4.98 Å². The van der Waals surface area contributed by atoms with Crippen molar-refractivity contribution in [2.24, 2.45) is 5.92 Å². The number of aromatic nitrogens is 1. The summed E-state index contributed by atoms with van der Waals surface area (Å²) in [6, 6.07) is 0. The second kappa shape index (κ2) is 7.31. The third kappa shape index (κ3) is 4.08. The maximum atomic E-state index is 13.3. The lowest BCUT2D eigenvalue weighted by Gasteiger charge is -2.16.